The van der Waals surface area contributed by atoms with Crippen molar-refractivity contribution in [2.45, 2.75) is 13.8 Å². The van der Waals surface area contributed by atoms with Crippen LogP contribution >= 0.6 is 15.9 Å². The minimum Gasteiger partial charge on any atom is -0.322 e. The van der Waals surface area contributed by atoms with Crippen LogP contribution in [0.1, 0.15) is 21.6 Å². The topological polar surface area (TPSA) is 42.0 Å². The van der Waals surface area contributed by atoms with E-state index in [0.29, 0.717) is 5.56 Å². The van der Waals surface area contributed by atoms with Crippen molar-refractivity contribution in [3.63, 3.8) is 0 Å². The number of nitrogens with zero attached hydrogens (tertiary/aromatic N) is 1. The molecule has 1 N–H and O–H groups in total. The van der Waals surface area contributed by atoms with E-state index in [1.807, 2.05) is 32.0 Å². The van der Waals surface area contributed by atoms with Crippen LogP contribution in [-0.4, -0.2) is 10.9 Å². The highest BCUT2D eigenvalue weighted by molar-refractivity contribution is 9.10. The van der Waals surface area contributed by atoms with Crippen molar-refractivity contribution in [2.24, 2.45) is 0 Å². The van der Waals surface area contributed by atoms with E-state index in [-0.39, 0.29) is 5.91 Å². The molecule has 0 fully saturated rings. The number of carbonyl (C=O) groups is 1. The van der Waals surface area contributed by atoms with Crippen LogP contribution in [0.2, 0.25) is 0 Å². The van der Waals surface area contributed by atoms with Crippen LogP contribution in [0.15, 0.2) is 41.0 Å². The lowest BCUT2D eigenvalue weighted by Crippen LogP contribution is -2.14. The largest absolute Gasteiger partial charge is 0.322 e. The van der Waals surface area contributed by atoms with Gasteiger partial charge in [-0.1, -0.05) is 15.9 Å². The summed E-state index contributed by atoms with van der Waals surface area (Å²) >= 11 is 3.40. The molecule has 0 unspecified atom stereocenters. The van der Waals surface area contributed by atoms with Gasteiger partial charge in [-0.3, -0.25) is 9.78 Å². The number of aromatic nitrogens is 1. The van der Waals surface area contributed by atoms with Crippen LogP contribution in [-0.2, 0) is 0 Å². The molecule has 0 bridgehead atoms. The van der Waals surface area contributed by atoms with Crippen LogP contribution in [0.3, 0.4) is 0 Å². The van der Waals surface area contributed by atoms with Crippen LogP contribution in [0.5, 0.6) is 0 Å². The molecule has 1 heterocycles. The highest BCUT2D eigenvalue weighted by Crippen LogP contribution is 2.20. The summed E-state index contributed by atoms with van der Waals surface area (Å²) in [6, 6.07) is 9.27. The molecule has 3 nitrogen and oxygen atoms in total. The summed E-state index contributed by atoms with van der Waals surface area (Å²) in [5.74, 6) is -0.133. The molecule has 0 saturated carbocycles. The van der Waals surface area contributed by atoms with Gasteiger partial charge in [0.05, 0.1) is 5.56 Å². The summed E-state index contributed by atoms with van der Waals surface area (Å²) in [6.07, 6.45) is 1.68. The van der Waals surface area contributed by atoms with Crippen molar-refractivity contribution in [3.8, 4) is 0 Å². The number of anilines is 1. The van der Waals surface area contributed by atoms with Crippen molar-refractivity contribution < 1.29 is 4.79 Å². The van der Waals surface area contributed by atoms with Crippen molar-refractivity contribution >= 4 is 27.5 Å². The maximum Gasteiger partial charge on any atom is 0.257 e. The van der Waals surface area contributed by atoms with Gasteiger partial charge in [-0.15, -0.1) is 0 Å². The normalized spacial score (nSPS) is 10.2. The number of benzene rings is 1. The van der Waals surface area contributed by atoms with Gasteiger partial charge in [0.15, 0.2) is 0 Å². The van der Waals surface area contributed by atoms with Gasteiger partial charge in [0.25, 0.3) is 5.91 Å². The van der Waals surface area contributed by atoms with Gasteiger partial charge in [0.2, 0.25) is 0 Å². The maximum absolute atomic E-state index is 12.1. The third-order valence-electron chi connectivity index (χ3n) is 2.69. The van der Waals surface area contributed by atoms with Crippen LogP contribution in [0, 0.1) is 13.8 Å². The number of halogens is 1. The average Bonchev–Trinajstić information content (AvgIpc) is 2.33. The molecular weight excluding hydrogens is 292 g/mol. The van der Waals surface area contributed by atoms with Gasteiger partial charge in [0, 0.05) is 22.1 Å². The Morgan fingerprint density at radius 1 is 1.28 bits per heavy atom. The van der Waals surface area contributed by atoms with E-state index >= 15 is 0 Å². The predicted molar refractivity (Wildman–Crippen MR) is 75.8 cm³/mol. The molecule has 0 saturated heterocycles. The molecule has 0 aliphatic rings. The number of hydrogen-bond acceptors (Lipinski definition) is 2. The zero-order valence-corrected chi connectivity index (χ0v) is 11.8. The summed E-state index contributed by atoms with van der Waals surface area (Å²) in [4.78, 5) is 16.2. The van der Waals surface area contributed by atoms with Gasteiger partial charge in [-0.25, -0.2) is 0 Å². The zero-order chi connectivity index (χ0) is 13.1. The molecule has 2 rings (SSSR count). The Morgan fingerprint density at radius 2 is 2.06 bits per heavy atom. The first-order valence-corrected chi connectivity index (χ1v) is 6.36. The van der Waals surface area contributed by atoms with Crippen molar-refractivity contribution in [3.05, 3.63) is 57.8 Å². The summed E-state index contributed by atoms with van der Waals surface area (Å²) in [6.45, 7) is 3.78. The smallest absolute Gasteiger partial charge is 0.257 e. The molecule has 1 amide bonds. The van der Waals surface area contributed by atoms with Gasteiger partial charge in [-0.05, 0) is 49.7 Å². The minimum atomic E-state index is -0.133. The predicted octanol–water partition coefficient (Wildman–Crippen LogP) is 3.71. The standard InChI is InChI=1S/C14H13BrN2O/c1-9-8-11(15)5-6-13(9)17-14(18)12-4-3-7-16-10(12)2/h3-8H,1-2H3,(H,17,18). The average molecular weight is 305 g/mol. The number of rotatable bonds is 2. The van der Waals surface area contributed by atoms with Crippen molar-refractivity contribution in [2.75, 3.05) is 5.32 Å². The highest BCUT2D eigenvalue weighted by atomic mass is 79.9. The summed E-state index contributed by atoms with van der Waals surface area (Å²) < 4.78 is 0.996. The first kappa shape index (κ1) is 12.8. The molecule has 0 aliphatic carbocycles. The van der Waals surface area contributed by atoms with E-state index in [4.69, 9.17) is 0 Å². The molecule has 0 radical (unpaired) electrons. The van der Waals surface area contributed by atoms with Gasteiger partial charge < -0.3 is 5.32 Å². The lowest BCUT2D eigenvalue weighted by Gasteiger charge is -2.09. The van der Waals surface area contributed by atoms with Gasteiger partial charge >= 0.3 is 0 Å². The Bertz CT molecular complexity index is 596. The Kier molecular flexibility index (Phi) is 3.77. The quantitative estimate of drug-likeness (QED) is 0.919. The number of nitrogens with one attached hydrogen (secondary N) is 1. The van der Waals surface area contributed by atoms with Crippen LogP contribution < -0.4 is 5.32 Å². The van der Waals surface area contributed by atoms with E-state index < -0.39 is 0 Å². The fraction of sp³-hybridized carbons (Fsp3) is 0.143. The molecular formula is C14H13BrN2O. The molecule has 1 aromatic heterocycles. The first-order chi connectivity index (χ1) is 8.58. The molecule has 2 aromatic rings. The van der Waals surface area contributed by atoms with E-state index in [1.54, 1.807) is 18.3 Å². The van der Waals surface area contributed by atoms with E-state index in [9.17, 15) is 4.79 Å². The summed E-state index contributed by atoms with van der Waals surface area (Å²) in [7, 11) is 0. The Balaban J connectivity index is 2.24. The molecule has 4 heteroatoms. The third kappa shape index (κ3) is 2.76. The number of pyridine rings is 1. The second-order valence-corrected chi connectivity index (χ2v) is 4.97. The minimum absolute atomic E-state index is 0.133. The summed E-state index contributed by atoms with van der Waals surface area (Å²) in [5.41, 5.74) is 3.15. The first-order valence-electron chi connectivity index (χ1n) is 5.57. The zero-order valence-electron chi connectivity index (χ0n) is 10.2. The lowest BCUT2D eigenvalue weighted by molar-refractivity contribution is 0.102. The second-order valence-electron chi connectivity index (χ2n) is 4.05. The Labute approximate surface area is 114 Å². The molecule has 1 aromatic carbocycles. The molecule has 92 valence electrons. The van der Waals surface area contributed by atoms with Crippen LogP contribution in [0.4, 0.5) is 5.69 Å². The number of carbonyl (C=O) groups excluding carboxylic acids is 1. The van der Waals surface area contributed by atoms with E-state index in [2.05, 4.69) is 26.2 Å². The van der Waals surface area contributed by atoms with E-state index in [1.165, 1.54) is 0 Å². The van der Waals surface area contributed by atoms with Crippen molar-refractivity contribution in [1.29, 1.82) is 0 Å². The summed E-state index contributed by atoms with van der Waals surface area (Å²) in [5, 5.41) is 2.89. The monoisotopic (exact) mass is 304 g/mol. The van der Waals surface area contributed by atoms with Gasteiger partial charge in [-0.2, -0.15) is 0 Å². The maximum atomic E-state index is 12.1. The fourth-order valence-electron chi connectivity index (χ4n) is 1.68. The lowest BCUT2D eigenvalue weighted by atomic mass is 10.1. The fourth-order valence-corrected chi connectivity index (χ4v) is 2.16. The molecule has 0 atom stereocenters. The Morgan fingerprint density at radius 3 is 2.72 bits per heavy atom. The number of hydrogen-bond donors (Lipinski definition) is 1. The molecule has 0 aliphatic heterocycles. The van der Waals surface area contributed by atoms with E-state index in [0.717, 1.165) is 21.4 Å². The molecule has 0 spiro atoms. The second kappa shape index (κ2) is 5.31. The Hall–Kier alpha value is -1.68. The van der Waals surface area contributed by atoms with Crippen LogP contribution in [0.25, 0.3) is 0 Å². The number of aryl methyl sites for hydroxylation is 2. The number of amides is 1. The highest BCUT2D eigenvalue weighted by Gasteiger charge is 2.10. The van der Waals surface area contributed by atoms with Gasteiger partial charge in [0.1, 0.15) is 0 Å². The molecule has 18 heavy (non-hydrogen) atoms. The SMILES string of the molecule is Cc1cc(Br)ccc1NC(=O)c1cccnc1C. The third-order valence-corrected chi connectivity index (χ3v) is 3.18. The van der Waals surface area contributed by atoms with Crippen molar-refractivity contribution in [1.82, 2.24) is 4.98 Å².